The number of hydrogen-bond donors (Lipinski definition) is 1. The molecule has 0 radical (unpaired) electrons. The average molecular weight is 557 g/mol. The van der Waals surface area contributed by atoms with Crippen LogP contribution in [0.5, 0.6) is 0 Å². The lowest BCUT2D eigenvalue weighted by Gasteiger charge is -2.17. The van der Waals surface area contributed by atoms with Crippen molar-refractivity contribution in [3.05, 3.63) is 105 Å². The molecule has 2 aromatic carbocycles. The standard InChI is InChI=1S/C30H25ClN4OS2/c1-19-9-14-24-25(17-32)30(38-26(24)16-19)35-29(36)27(20-6-3-2-4-7-20)37-23-12-10-22(11-13-23)34-18-21-8-5-15-33-28(21)31/h2-8,10-13,15,18-19,27H,9,14,16H2,1H3,(H,35,36). The van der Waals surface area contributed by atoms with Gasteiger partial charge < -0.3 is 5.32 Å². The van der Waals surface area contributed by atoms with Crippen molar-refractivity contribution in [1.29, 1.82) is 5.26 Å². The van der Waals surface area contributed by atoms with Gasteiger partial charge in [0.05, 0.1) is 11.3 Å². The number of pyridine rings is 1. The molecule has 0 aliphatic heterocycles. The minimum absolute atomic E-state index is 0.141. The number of hydrogen-bond acceptors (Lipinski definition) is 6. The molecule has 1 aliphatic carbocycles. The molecule has 2 aromatic heterocycles. The van der Waals surface area contributed by atoms with Gasteiger partial charge in [-0.15, -0.1) is 23.1 Å². The molecule has 38 heavy (non-hydrogen) atoms. The van der Waals surface area contributed by atoms with E-state index in [1.807, 2.05) is 66.7 Å². The molecule has 2 unspecified atom stereocenters. The molecule has 0 saturated carbocycles. The van der Waals surface area contributed by atoms with Crippen molar-refractivity contribution in [2.24, 2.45) is 10.9 Å². The van der Waals surface area contributed by atoms with Crippen LogP contribution in [0.15, 0.2) is 82.8 Å². The first-order valence-electron chi connectivity index (χ1n) is 12.3. The highest BCUT2D eigenvalue weighted by Gasteiger charge is 2.28. The number of nitrogens with zero attached hydrogens (tertiary/aromatic N) is 3. The van der Waals surface area contributed by atoms with Gasteiger partial charge in [-0.1, -0.05) is 48.9 Å². The molecule has 2 atom stereocenters. The number of halogens is 1. The maximum Gasteiger partial charge on any atom is 0.243 e. The van der Waals surface area contributed by atoms with Crippen molar-refractivity contribution in [3.63, 3.8) is 0 Å². The number of nitriles is 1. The average Bonchev–Trinajstić information content (AvgIpc) is 3.28. The van der Waals surface area contributed by atoms with Crippen molar-refractivity contribution < 1.29 is 4.79 Å². The van der Waals surface area contributed by atoms with Crippen molar-refractivity contribution >= 4 is 57.5 Å². The number of rotatable bonds is 7. The van der Waals surface area contributed by atoms with Crippen LogP contribution >= 0.6 is 34.7 Å². The van der Waals surface area contributed by atoms with Crippen LogP contribution in [-0.2, 0) is 17.6 Å². The Labute approximate surface area is 235 Å². The number of thiophene rings is 1. The normalized spacial score (nSPS) is 15.6. The molecule has 0 spiro atoms. The van der Waals surface area contributed by atoms with Gasteiger partial charge in [0, 0.05) is 27.7 Å². The predicted molar refractivity (Wildman–Crippen MR) is 157 cm³/mol. The Hall–Kier alpha value is -3.44. The second kappa shape index (κ2) is 12.0. The number of benzene rings is 2. The van der Waals surface area contributed by atoms with Gasteiger partial charge in [-0.3, -0.25) is 9.79 Å². The summed E-state index contributed by atoms with van der Waals surface area (Å²) in [4.78, 5) is 24.4. The topological polar surface area (TPSA) is 78.1 Å². The van der Waals surface area contributed by atoms with Gasteiger partial charge in [-0.05, 0) is 72.7 Å². The van der Waals surface area contributed by atoms with Crippen molar-refractivity contribution in [3.8, 4) is 6.07 Å². The van der Waals surface area contributed by atoms with Crippen LogP contribution in [0.2, 0.25) is 5.15 Å². The smallest absolute Gasteiger partial charge is 0.243 e. The Morgan fingerprint density at radius 1 is 1.21 bits per heavy atom. The number of thioether (sulfide) groups is 1. The highest BCUT2D eigenvalue weighted by atomic mass is 35.5. The summed E-state index contributed by atoms with van der Waals surface area (Å²) in [5, 5.41) is 13.6. The van der Waals surface area contributed by atoms with Crippen LogP contribution in [0.1, 0.15) is 45.7 Å². The van der Waals surface area contributed by atoms with Crippen LogP contribution < -0.4 is 5.32 Å². The molecule has 0 bridgehead atoms. The van der Waals surface area contributed by atoms with E-state index in [0.717, 1.165) is 46.5 Å². The van der Waals surface area contributed by atoms with E-state index in [-0.39, 0.29) is 5.91 Å². The molecule has 1 aliphatic rings. The van der Waals surface area contributed by atoms with Gasteiger partial charge in [-0.25, -0.2) is 4.98 Å². The number of nitrogens with one attached hydrogen (secondary N) is 1. The Kier molecular flexibility index (Phi) is 8.23. The summed E-state index contributed by atoms with van der Waals surface area (Å²) in [7, 11) is 0. The van der Waals surface area contributed by atoms with Gasteiger partial charge in [0.1, 0.15) is 21.5 Å². The number of carbonyl (C=O) groups excluding carboxylic acids is 1. The highest BCUT2D eigenvalue weighted by molar-refractivity contribution is 8.00. The summed E-state index contributed by atoms with van der Waals surface area (Å²) < 4.78 is 0. The van der Waals surface area contributed by atoms with Crippen LogP contribution in [0, 0.1) is 17.2 Å². The molecule has 2 heterocycles. The molecule has 5 nitrogen and oxygen atoms in total. The fourth-order valence-electron chi connectivity index (χ4n) is 4.42. The van der Waals surface area contributed by atoms with Crippen LogP contribution in [0.3, 0.4) is 0 Å². The molecule has 190 valence electrons. The summed E-state index contributed by atoms with van der Waals surface area (Å²) in [5.74, 6) is 0.454. The molecule has 1 N–H and O–H groups in total. The minimum atomic E-state index is -0.482. The van der Waals surface area contributed by atoms with Crippen molar-refractivity contribution in [1.82, 2.24) is 4.98 Å². The lowest BCUT2D eigenvalue weighted by atomic mass is 9.88. The monoisotopic (exact) mass is 556 g/mol. The molecular formula is C30H25ClN4OS2. The number of aliphatic imine (C=N–C) groups is 1. The first-order chi connectivity index (χ1) is 18.5. The van der Waals surface area contributed by atoms with Crippen molar-refractivity contribution in [2.45, 2.75) is 36.3 Å². The zero-order valence-electron chi connectivity index (χ0n) is 20.7. The van der Waals surface area contributed by atoms with Crippen LogP contribution in [0.25, 0.3) is 0 Å². The summed E-state index contributed by atoms with van der Waals surface area (Å²) in [5.41, 5.74) is 4.15. The Balaban J connectivity index is 1.36. The second-order valence-corrected chi connectivity index (χ2v) is 11.8. The zero-order valence-corrected chi connectivity index (χ0v) is 23.1. The van der Waals surface area contributed by atoms with E-state index < -0.39 is 5.25 Å². The Morgan fingerprint density at radius 2 is 2.00 bits per heavy atom. The molecule has 5 rings (SSSR count). The molecule has 1 amide bonds. The SMILES string of the molecule is CC1CCc2c(sc(NC(=O)C(Sc3ccc(N=Cc4cccnc4Cl)cc3)c3ccccc3)c2C#N)C1. The molecule has 0 fully saturated rings. The largest absolute Gasteiger partial charge is 0.315 e. The second-order valence-electron chi connectivity index (χ2n) is 9.20. The summed E-state index contributed by atoms with van der Waals surface area (Å²) in [6.07, 6.45) is 6.25. The van der Waals surface area contributed by atoms with E-state index in [1.165, 1.54) is 16.6 Å². The lowest BCUT2D eigenvalue weighted by Crippen LogP contribution is -2.19. The quantitative estimate of drug-likeness (QED) is 0.142. The van der Waals surface area contributed by atoms with Gasteiger partial charge in [-0.2, -0.15) is 5.26 Å². The molecule has 0 saturated heterocycles. The van der Waals surface area contributed by atoms with Gasteiger partial charge >= 0.3 is 0 Å². The van der Waals surface area contributed by atoms with E-state index in [1.54, 1.807) is 23.7 Å². The summed E-state index contributed by atoms with van der Waals surface area (Å²) >= 11 is 9.13. The Morgan fingerprint density at radius 3 is 2.74 bits per heavy atom. The maximum absolute atomic E-state index is 13.6. The fraction of sp³-hybridized carbons (Fsp3) is 0.200. The van der Waals surface area contributed by atoms with E-state index in [2.05, 4.69) is 28.3 Å². The van der Waals surface area contributed by atoms with Crippen molar-refractivity contribution in [2.75, 3.05) is 5.32 Å². The zero-order chi connectivity index (χ0) is 26.5. The first kappa shape index (κ1) is 26.2. The Bertz CT molecular complexity index is 1510. The van der Waals surface area contributed by atoms with E-state index in [0.29, 0.717) is 21.6 Å². The van der Waals surface area contributed by atoms with Crippen LogP contribution in [-0.4, -0.2) is 17.1 Å². The number of anilines is 1. The van der Waals surface area contributed by atoms with E-state index in [9.17, 15) is 10.1 Å². The molecular weight excluding hydrogens is 532 g/mol. The van der Waals surface area contributed by atoms with Gasteiger partial charge in [0.25, 0.3) is 0 Å². The molecule has 4 aromatic rings. The summed E-state index contributed by atoms with van der Waals surface area (Å²) in [6, 6.07) is 23.5. The van der Waals surface area contributed by atoms with E-state index in [4.69, 9.17) is 11.6 Å². The molecule has 8 heteroatoms. The third-order valence-corrected chi connectivity index (χ3v) is 9.18. The van der Waals surface area contributed by atoms with E-state index >= 15 is 0 Å². The lowest BCUT2D eigenvalue weighted by molar-refractivity contribution is -0.115. The third-order valence-electron chi connectivity index (χ3n) is 6.43. The summed E-state index contributed by atoms with van der Waals surface area (Å²) in [6.45, 7) is 2.24. The number of fused-ring (bicyclic) bond motifs is 1. The maximum atomic E-state index is 13.6. The van der Waals surface area contributed by atoms with Gasteiger partial charge in [0.15, 0.2) is 0 Å². The predicted octanol–water partition coefficient (Wildman–Crippen LogP) is 8.02. The van der Waals surface area contributed by atoms with Gasteiger partial charge in [0.2, 0.25) is 5.91 Å². The third kappa shape index (κ3) is 5.99. The first-order valence-corrected chi connectivity index (χ1v) is 14.4. The fourth-order valence-corrected chi connectivity index (χ4v) is 6.98. The number of aromatic nitrogens is 1. The number of amides is 1. The van der Waals surface area contributed by atoms with Crippen LogP contribution in [0.4, 0.5) is 10.7 Å². The minimum Gasteiger partial charge on any atom is -0.315 e. The highest BCUT2D eigenvalue weighted by Crippen LogP contribution is 2.41. The number of carbonyl (C=O) groups is 1.